The summed E-state index contributed by atoms with van der Waals surface area (Å²) in [5.74, 6) is 1.39. The Balaban J connectivity index is 1.20. The zero-order valence-electron chi connectivity index (χ0n) is 27.2. The summed E-state index contributed by atoms with van der Waals surface area (Å²) >= 11 is 0. The number of aromatic nitrogens is 3. The van der Waals surface area contributed by atoms with Crippen LogP contribution in [-0.2, 0) is 0 Å². The second-order valence-electron chi connectivity index (χ2n) is 12.9. The lowest BCUT2D eigenvalue weighted by molar-refractivity contribution is 0.670. The van der Waals surface area contributed by atoms with Crippen LogP contribution in [0.4, 0.5) is 0 Å². The first-order valence-corrected chi connectivity index (χ1v) is 17.1. The number of fused-ring (bicyclic) bond motifs is 10. The maximum Gasteiger partial charge on any atom is 0.162 e. The molecule has 5 nitrogen and oxygen atoms in total. The number of hydrogen-bond acceptors (Lipinski definition) is 4. The lowest BCUT2D eigenvalue weighted by atomic mass is 10.0. The highest BCUT2D eigenvalue weighted by atomic mass is 16.3. The van der Waals surface area contributed by atoms with Crippen LogP contribution >= 0.6 is 0 Å². The van der Waals surface area contributed by atoms with Crippen molar-refractivity contribution in [1.82, 2.24) is 14.5 Å². The number of hydrogen-bond donors (Lipinski definition) is 0. The topological polar surface area (TPSA) is 57.0 Å². The van der Waals surface area contributed by atoms with E-state index in [4.69, 9.17) is 18.8 Å². The van der Waals surface area contributed by atoms with Gasteiger partial charge in [0.1, 0.15) is 28.1 Å². The van der Waals surface area contributed by atoms with Crippen molar-refractivity contribution in [3.63, 3.8) is 0 Å². The van der Waals surface area contributed by atoms with Crippen LogP contribution in [0.5, 0.6) is 0 Å². The van der Waals surface area contributed by atoms with Gasteiger partial charge < -0.3 is 8.83 Å². The summed E-state index contributed by atoms with van der Waals surface area (Å²) in [5.41, 5.74) is 10.4. The molecule has 0 N–H and O–H groups in total. The van der Waals surface area contributed by atoms with E-state index < -0.39 is 0 Å². The Hall–Kier alpha value is -6.98. The van der Waals surface area contributed by atoms with Crippen LogP contribution in [0.3, 0.4) is 0 Å². The van der Waals surface area contributed by atoms with Gasteiger partial charge in [0, 0.05) is 44.1 Å². The van der Waals surface area contributed by atoms with Crippen molar-refractivity contribution >= 4 is 65.7 Å². The predicted molar refractivity (Wildman–Crippen MR) is 207 cm³/mol. The first kappa shape index (κ1) is 27.9. The van der Waals surface area contributed by atoms with Gasteiger partial charge in [0.05, 0.1) is 22.1 Å². The van der Waals surface area contributed by atoms with Gasteiger partial charge in [0.15, 0.2) is 5.82 Å². The van der Waals surface area contributed by atoms with Crippen molar-refractivity contribution in [1.29, 1.82) is 0 Å². The van der Waals surface area contributed by atoms with E-state index in [1.165, 1.54) is 0 Å². The Morgan fingerprint density at radius 3 is 1.80 bits per heavy atom. The molecule has 0 bridgehead atoms. The second kappa shape index (κ2) is 10.8. The van der Waals surface area contributed by atoms with E-state index in [-0.39, 0.29) is 0 Å². The average Bonchev–Trinajstić information content (AvgIpc) is 3.88. The first-order chi connectivity index (χ1) is 25.3. The zero-order valence-corrected chi connectivity index (χ0v) is 27.2. The zero-order chi connectivity index (χ0) is 33.5. The van der Waals surface area contributed by atoms with Gasteiger partial charge in [-0.3, -0.25) is 4.57 Å². The lowest BCUT2D eigenvalue weighted by Gasteiger charge is -2.12. The predicted octanol–water partition coefficient (Wildman–Crippen LogP) is 12.4. The van der Waals surface area contributed by atoms with E-state index in [9.17, 15) is 0 Å². The van der Waals surface area contributed by atoms with Gasteiger partial charge in [-0.1, -0.05) is 121 Å². The maximum atomic E-state index is 6.58. The highest BCUT2D eigenvalue weighted by molar-refractivity contribution is 6.23. The Labute approximate surface area is 291 Å². The molecule has 238 valence electrons. The summed E-state index contributed by atoms with van der Waals surface area (Å²) in [6.45, 7) is 0. The largest absolute Gasteiger partial charge is 0.455 e. The molecule has 4 aromatic heterocycles. The highest BCUT2D eigenvalue weighted by Crippen LogP contribution is 2.42. The van der Waals surface area contributed by atoms with Gasteiger partial charge in [-0.25, -0.2) is 9.97 Å². The van der Waals surface area contributed by atoms with Gasteiger partial charge in [-0.05, 0) is 47.5 Å². The molecule has 0 saturated carbocycles. The fraction of sp³-hybridized carbons (Fsp3) is 0. The van der Waals surface area contributed by atoms with Crippen LogP contribution in [-0.4, -0.2) is 14.5 Å². The molecule has 11 aromatic rings. The van der Waals surface area contributed by atoms with Crippen LogP contribution in [0.25, 0.3) is 105 Å². The third kappa shape index (κ3) is 4.22. The second-order valence-corrected chi connectivity index (χ2v) is 12.9. The third-order valence-corrected chi connectivity index (χ3v) is 10.1. The molecule has 0 spiro atoms. The molecule has 11 rings (SSSR count). The molecule has 0 unspecified atom stereocenters. The van der Waals surface area contributed by atoms with Gasteiger partial charge in [0.2, 0.25) is 0 Å². The molecular weight excluding hydrogens is 627 g/mol. The SMILES string of the molecule is c1ccc(-c2ccc(-c3nc(-c4cccc5c4oc4ccccc45)cc(-n4c5ccccc5c5c6oc7ccccc7c6ccc54)n3)cc2)cc1. The van der Waals surface area contributed by atoms with Crippen molar-refractivity contribution in [3.8, 4) is 39.6 Å². The average molecular weight is 654 g/mol. The number of benzene rings is 7. The molecule has 5 heteroatoms. The van der Waals surface area contributed by atoms with E-state index in [0.29, 0.717) is 5.82 Å². The van der Waals surface area contributed by atoms with Crippen molar-refractivity contribution in [3.05, 3.63) is 164 Å². The first-order valence-electron chi connectivity index (χ1n) is 17.1. The van der Waals surface area contributed by atoms with Crippen LogP contribution in [0.15, 0.2) is 173 Å². The van der Waals surface area contributed by atoms with Crippen LogP contribution in [0.2, 0.25) is 0 Å². The molecule has 0 radical (unpaired) electrons. The summed E-state index contributed by atoms with van der Waals surface area (Å²) in [4.78, 5) is 10.6. The maximum absolute atomic E-state index is 6.58. The minimum Gasteiger partial charge on any atom is -0.455 e. The molecule has 0 aliphatic carbocycles. The quantitative estimate of drug-likeness (QED) is 0.190. The number of rotatable bonds is 4. The molecule has 0 saturated heterocycles. The smallest absolute Gasteiger partial charge is 0.162 e. The molecule has 7 aromatic carbocycles. The van der Waals surface area contributed by atoms with Gasteiger partial charge in [-0.15, -0.1) is 0 Å². The molecule has 0 aliphatic rings. The Morgan fingerprint density at radius 2 is 1.02 bits per heavy atom. The van der Waals surface area contributed by atoms with Crippen LogP contribution in [0.1, 0.15) is 0 Å². The fourth-order valence-corrected chi connectivity index (χ4v) is 7.69. The van der Waals surface area contributed by atoms with E-state index >= 15 is 0 Å². The van der Waals surface area contributed by atoms with Gasteiger partial charge in [0.25, 0.3) is 0 Å². The standard InChI is InChI=1S/C46H27N3O2/c1-2-11-28(12-3-1)29-21-23-30(24-22-29)46-47-37(35-17-10-16-33-31-13-5-8-19-40(31)50-44(33)35)27-42(48-46)49-38-18-7-4-15-36(38)43-39(49)26-25-34-32-14-6-9-20-41(32)51-45(34)43/h1-27H. The molecule has 0 amide bonds. The number of nitrogens with zero attached hydrogens (tertiary/aromatic N) is 3. The number of para-hydroxylation sites is 4. The van der Waals surface area contributed by atoms with Crippen LogP contribution in [0, 0.1) is 0 Å². The molecule has 51 heavy (non-hydrogen) atoms. The monoisotopic (exact) mass is 653 g/mol. The normalized spacial score (nSPS) is 11.9. The molecule has 0 aliphatic heterocycles. The van der Waals surface area contributed by atoms with Crippen LogP contribution < -0.4 is 0 Å². The van der Waals surface area contributed by atoms with Crippen molar-refractivity contribution in [2.45, 2.75) is 0 Å². The Morgan fingerprint density at radius 1 is 0.412 bits per heavy atom. The lowest BCUT2D eigenvalue weighted by Crippen LogP contribution is -2.02. The van der Waals surface area contributed by atoms with E-state index in [2.05, 4.69) is 132 Å². The minimum atomic E-state index is 0.631. The molecule has 0 fully saturated rings. The fourth-order valence-electron chi connectivity index (χ4n) is 7.69. The van der Waals surface area contributed by atoms with Gasteiger partial charge >= 0.3 is 0 Å². The highest BCUT2D eigenvalue weighted by Gasteiger charge is 2.22. The van der Waals surface area contributed by atoms with E-state index in [0.717, 1.165) is 99.4 Å². The third-order valence-electron chi connectivity index (χ3n) is 10.1. The summed E-state index contributed by atoms with van der Waals surface area (Å²) < 4.78 is 15.3. The molecule has 0 atom stereocenters. The van der Waals surface area contributed by atoms with Gasteiger partial charge in [-0.2, -0.15) is 0 Å². The summed E-state index contributed by atoms with van der Waals surface area (Å²) in [5, 5.41) is 6.51. The minimum absolute atomic E-state index is 0.631. The van der Waals surface area contributed by atoms with E-state index in [1.807, 2.05) is 36.4 Å². The van der Waals surface area contributed by atoms with Crippen molar-refractivity contribution in [2.24, 2.45) is 0 Å². The summed E-state index contributed by atoms with van der Waals surface area (Å²) in [6.07, 6.45) is 0. The Kier molecular flexibility index (Phi) is 5.89. The van der Waals surface area contributed by atoms with Crippen molar-refractivity contribution < 1.29 is 8.83 Å². The molecule has 4 heterocycles. The van der Waals surface area contributed by atoms with Crippen molar-refractivity contribution in [2.75, 3.05) is 0 Å². The number of furan rings is 2. The molecular formula is C46H27N3O2. The summed E-state index contributed by atoms with van der Waals surface area (Å²) in [6, 6.07) is 56.5. The Bertz CT molecular complexity index is 3130. The summed E-state index contributed by atoms with van der Waals surface area (Å²) in [7, 11) is 0. The van der Waals surface area contributed by atoms with E-state index in [1.54, 1.807) is 0 Å².